The Morgan fingerprint density at radius 2 is 2.12 bits per heavy atom. The second kappa shape index (κ2) is 5.90. The largest absolute Gasteiger partial charge is 0.352 e. The average molecular weight is 341 g/mol. The van der Waals surface area contributed by atoms with Gasteiger partial charge in [-0.15, -0.1) is 0 Å². The van der Waals surface area contributed by atoms with Crippen LogP contribution < -0.4 is 10.2 Å². The summed E-state index contributed by atoms with van der Waals surface area (Å²) in [4.78, 5) is 18.6. The van der Waals surface area contributed by atoms with Gasteiger partial charge in [0.2, 0.25) is 5.91 Å². The maximum absolute atomic E-state index is 12.0. The summed E-state index contributed by atoms with van der Waals surface area (Å²) in [7, 11) is 1.90. The number of rotatable bonds is 5. The molecule has 0 saturated heterocycles. The minimum absolute atomic E-state index is 0.0562. The van der Waals surface area contributed by atoms with Crippen LogP contribution in [-0.2, 0) is 4.79 Å². The van der Waals surface area contributed by atoms with Gasteiger partial charge in [0, 0.05) is 13.1 Å². The van der Waals surface area contributed by atoms with E-state index in [9.17, 15) is 4.79 Å². The fourth-order valence-corrected chi connectivity index (χ4v) is 3.57. The minimum Gasteiger partial charge on any atom is -0.352 e. The van der Waals surface area contributed by atoms with Gasteiger partial charge >= 0.3 is 0 Å². The number of amides is 1. The number of fused-ring (bicyclic) bond motifs is 1. The second-order valence-corrected chi connectivity index (χ2v) is 7.16. The summed E-state index contributed by atoms with van der Waals surface area (Å²) in [6.07, 6.45) is 2.20. The molecule has 1 N–H and O–H groups in total. The third kappa shape index (κ3) is 2.87. The quantitative estimate of drug-likeness (QED) is 0.774. The van der Waals surface area contributed by atoms with E-state index < -0.39 is 0 Å². The molecule has 7 heteroatoms. The molecule has 4 rings (SSSR count). The van der Waals surface area contributed by atoms with Crippen molar-refractivity contribution in [2.75, 3.05) is 18.5 Å². The second-order valence-electron chi connectivity index (χ2n) is 6.18. The maximum Gasteiger partial charge on any atom is 0.239 e. The highest BCUT2D eigenvalue weighted by Crippen LogP contribution is 2.32. The van der Waals surface area contributed by atoms with E-state index in [0.29, 0.717) is 12.6 Å². The van der Waals surface area contributed by atoms with Crippen LogP contribution in [0.4, 0.5) is 5.13 Å². The van der Waals surface area contributed by atoms with E-state index in [1.165, 1.54) is 0 Å². The van der Waals surface area contributed by atoms with Crippen LogP contribution in [0.15, 0.2) is 30.3 Å². The van der Waals surface area contributed by atoms with Crippen LogP contribution in [0.3, 0.4) is 0 Å². The van der Waals surface area contributed by atoms with Gasteiger partial charge in [0.05, 0.1) is 22.6 Å². The monoisotopic (exact) mass is 341 g/mol. The van der Waals surface area contributed by atoms with Crippen molar-refractivity contribution in [2.24, 2.45) is 0 Å². The lowest BCUT2D eigenvalue weighted by Gasteiger charge is -2.15. The zero-order chi connectivity index (χ0) is 16.7. The number of carbonyl (C=O) groups excluding carboxylic acids is 1. The number of nitrogens with one attached hydrogen (secondary N) is 1. The zero-order valence-electron chi connectivity index (χ0n) is 13.7. The van der Waals surface area contributed by atoms with Crippen LogP contribution in [0.25, 0.3) is 16.0 Å². The highest BCUT2D eigenvalue weighted by molar-refractivity contribution is 7.22. The van der Waals surface area contributed by atoms with E-state index in [0.717, 1.165) is 39.7 Å². The summed E-state index contributed by atoms with van der Waals surface area (Å²) < 4.78 is 2.92. The summed E-state index contributed by atoms with van der Waals surface area (Å²) in [5.41, 5.74) is 2.78. The molecule has 124 valence electrons. The first-order valence-electron chi connectivity index (χ1n) is 8.04. The Labute approximate surface area is 144 Å². The number of para-hydroxylation sites is 1. The zero-order valence-corrected chi connectivity index (χ0v) is 14.5. The lowest BCUT2D eigenvalue weighted by molar-refractivity contribution is -0.119. The number of anilines is 1. The van der Waals surface area contributed by atoms with E-state index in [-0.39, 0.29) is 5.91 Å². The van der Waals surface area contributed by atoms with Gasteiger partial charge in [-0.1, -0.05) is 29.5 Å². The van der Waals surface area contributed by atoms with E-state index in [4.69, 9.17) is 4.98 Å². The van der Waals surface area contributed by atoms with Gasteiger partial charge in [0.25, 0.3) is 0 Å². The lowest BCUT2D eigenvalue weighted by Crippen LogP contribution is -2.36. The average Bonchev–Trinajstić information content (AvgIpc) is 3.17. The molecule has 2 aromatic heterocycles. The molecule has 1 saturated carbocycles. The Morgan fingerprint density at radius 1 is 1.38 bits per heavy atom. The smallest absolute Gasteiger partial charge is 0.239 e. The molecule has 0 spiro atoms. The van der Waals surface area contributed by atoms with Crippen LogP contribution >= 0.6 is 11.3 Å². The predicted molar refractivity (Wildman–Crippen MR) is 95.9 cm³/mol. The van der Waals surface area contributed by atoms with Gasteiger partial charge in [0.1, 0.15) is 0 Å². The lowest BCUT2D eigenvalue weighted by atomic mass is 10.3. The molecule has 1 aliphatic carbocycles. The molecule has 24 heavy (non-hydrogen) atoms. The number of nitrogens with zero attached hydrogens (tertiary/aromatic N) is 4. The normalized spacial score (nSPS) is 14.1. The van der Waals surface area contributed by atoms with Gasteiger partial charge in [-0.25, -0.2) is 4.68 Å². The molecule has 0 bridgehead atoms. The fraction of sp³-hybridized carbons (Fsp3) is 0.353. The molecule has 1 aromatic carbocycles. The van der Waals surface area contributed by atoms with E-state index in [2.05, 4.69) is 10.4 Å². The summed E-state index contributed by atoms with van der Waals surface area (Å²) >= 11 is 1.58. The Balaban J connectivity index is 1.62. The predicted octanol–water partition coefficient (Wildman–Crippen LogP) is 2.51. The van der Waals surface area contributed by atoms with Crippen molar-refractivity contribution in [1.29, 1.82) is 0 Å². The van der Waals surface area contributed by atoms with Crippen molar-refractivity contribution in [3.05, 3.63) is 36.0 Å². The van der Waals surface area contributed by atoms with Crippen molar-refractivity contribution < 1.29 is 4.79 Å². The molecule has 0 unspecified atom stereocenters. The first-order chi connectivity index (χ1) is 11.6. The Kier molecular flexibility index (Phi) is 3.72. The van der Waals surface area contributed by atoms with Gasteiger partial charge in [-0.05, 0) is 31.9 Å². The molecule has 0 atom stereocenters. The summed E-state index contributed by atoms with van der Waals surface area (Å²) in [6.45, 7) is 2.31. The summed E-state index contributed by atoms with van der Waals surface area (Å²) in [5.74, 6) is 0.0562. The highest BCUT2D eigenvalue weighted by Gasteiger charge is 2.24. The van der Waals surface area contributed by atoms with Crippen LogP contribution in [-0.4, -0.2) is 40.3 Å². The number of carbonyl (C=O) groups is 1. The first-order valence-corrected chi connectivity index (χ1v) is 8.85. The number of aromatic nitrogens is 3. The van der Waals surface area contributed by atoms with Crippen LogP contribution in [0.5, 0.6) is 0 Å². The third-order valence-electron chi connectivity index (χ3n) is 4.03. The number of thiazole rings is 1. The number of hydrogen-bond donors (Lipinski definition) is 1. The molecular formula is C17H19N5OS. The molecule has 2 heterocycles. The molecule has 1 aliphatic rings. The van der Waals surface area contributed by atoms with Crippen molar-refractivity contribution in [1.82, 2.24) is 20.1 Å². The molecule has 3 aromatic rings. The summed E-state index contributed by atoms with van der Waals surface area (Å²) in [6, 6.07) is 10.4. The molecule has 6 nitrogen and oxygen atoms in total. The molecule has 1 amide bonds. The van der Waals surface area contributed by atoms with Crippen LogP contribution in [0.1, 0.15) is 18.5 Å². The van der Waals surface area contributed by atoms with Gasteiger partial charge in [-0.3, -0.25) is 4.79 Å². The van der Waals surface area contributed by atoms with Gasteiger partial charge in [-0.2, -0.15) is 10.1 Å². The Bertz CT molecular complexity index is 881. The molecule has 0 aliphatic heterocycles. The SMILES string of the molecule is Cc1nn(-c2ccccc2)c2nc(N(C)CC(=O)NC3CC3)sc12. The number of hydrogen-bond acceptors (Lipinski definition) is 5. The van der Waals surface area contributed by atoms with E-state index in [1.807, 2.05) is 53.9 Å². The topological polar surface area (TPSA) is 63.1 Å². The summed E-state index contributed by atoms with van der Waals surface area (Å²) in [5, 5.41) is 8.44. The standard InChI is InChI=1S/C17H19N5OS/c1-11-15-16(22(20-11)13-6-4-3-5-7-13)19-17(24-15)21(2)10-14(23)18-12-8-9-12/h3-7,12H,8-10H2,1-2H3,(H,18,23). The Hall–Kier alpha value is -2.41. The van der Waals surface area contributed by atoms with Crippen molar-refractivity contribution in [3.63, 3.8) is 0 Å². The molecule has 1 fully saturated rings. The van der Waals surface area contributed by atoms with E-state index in [1.54, 1.807) is 11.3 Å². The molecule has 0 radical (unpaired) electrons. The first kappa shape index (κ1) is 15.1. The number of aryl methyl sites for hydroxylation is 1. The Morgan fingerprint density at radius 3 is 2.83 bits per heavy atom. The van der Waals surface area contributed by atoms with Crippen molar-refractivity contribution >= 4 is 32.7 Å². The third-order valence-corrected chi connectivity index (χ3v) is 5.30. The van der Waals surface area contributed by atoms with Crippen LogP contribution in [0.2, 0.25) is 0 Å². The highest BCUT2D eigenvalue weighted by atomic mass is 32.1. The van der Waals surface area contributed by atoms with Crippen molar-refractivity contribution in [3.8, 4) is 5.69 Å². The van der Waals surface area contributed by atoms with E-state index >= 15 is 0 Å². The number of likely N-dealkylation sites (N-methyl/N-ethyl adjacent to an activating group) is 1. The molecular weight excluding hydrogens is 322 g/mol. The van der Waals surface area contributed by atoms with Crippen LogP contribution in [0, 0.1) is 6.92 Å². The number of benzene rings is 1. The van der Waals surface area contributed by atoms with Gasteiger partial charge in [0.15, 0.2) is 10.8 Å². The fourth-order valence-electron chi connectivity index (χ4n) is 2.62. The van der Waals surface area contributed by atoms with Crippen molar-refractivity contribution in [2.45, 2.75) is 25.8 Å². The van der Waals surface area contributed by atoms with Gasteiger partial charge < -0.3 is 10.2 Å². The minimum atomic E-state index is 0.0562. The maximum atomic E-state index is 12.0.